The lowest BCUT2D eigenvalue weighted by Gasteiger charge is -2.36. The van der Waals surface area contributed by atoms with Crippen LogP contribution in [0.3, 0.4) is 0 Å². The summed E-state index contributed by atoms with van der Waals surface area (Å²) in [7, 11) is 0. The van der Waals surface area contributed by atoms with Gasteiger partial charge in [0.1, 0.15) is 0 Å². The van der Waals surface area contributed by atoms with E-state index in [0.29, 0.717) is 38.0 Å². The van der Waals surface area contributed by atoms with E-state index in [9.17, 15) is 9.90 Å². The molecule has 2 amide bonds. The molecular formula is C19H26N2O3. The molecule has 0 aromatic heterocycles. The minimum Gasteiger partial charge on any atom is -0.393 e. The molecule has 5 nitrogen and oxygen atoms in total. The third-order valence-electron chi connectivity index (χ3n) is 5.72. The van der Waals surface area contributed by atoms with Gasteiger partial charge in [-0.05, 0) is 43.2 Å². The number of carbonyl (C=O) groups excluding carboxylic acids is 1. The van der Waals surface area contributed by atoms with Gasteiger partial charge in [0, 0.05) is 18.5 Å². The SMILES string of the molecule is C[C@H](O)C[C@@H]1COCCN1C(=O)N[C@@H]1[C@H]2CCc3ccccc3[C@H]21. The summed E-state index contributed by atoms with van der Waals surface area (Å²) >= 11 is 0. The Kier molecular flexibility index (Phi) is 4.22. The zero-order valence-corrected chi connectivity index (χ0v) is 14.1. The molecular weight excluding hydrogens is 304 g/mol. The van der Waals surface area contributed by atoms with Crippen molar-refractivity contribution in [3.8, 4) is 0 Å². The molecule has 3 aliphatic rings. The van der Waals surface area contributed by atoms with Crippen molar-refractivity contribution in [2.75, 3.05) is 19.8 Å². The molecule has 1 heterocycles. The standard InChI is InChI=1S/C19H26N2O3/c1-12(22)10-14-11-24-9-8-21(14)19(23)20-18-16-7-6-13-4-2-3-5-15(13)17(16)18/h2-5,12,14,16-18,22H,6-11H2,1H3,(H,20,23)/t12-,14+,16-,17+,18+/m0/s1. The molecule has 5 atom stereocenters. The van der Waals surface area contributed by atoms with E-state index in [2.05, 4.69) is 29.6 Å². The van der Waals surface area contributed by atoms with Gasteiger partial charge in [-0.1, -0.05) is 24.3 Å². The normalized spacial score (nSPS) is 32.5. The summed E-state index contributed by atoms with van der Waals surface area (Å²) in [5.41, 5.74) is 2.86. The number of rotatable bonds is 3. The fraction of sp³-hybridized carbons (Fsp3) is 0.632. The molecule has 0 unspecified atom stereocenters. The first-order valence-electron chi connectivity index (χ1n) is 9.06. The number of fused-ring (bicyclic) bond motifs is 3. The van der Waals surface area contributed by atoms with Gasteiger partial charge in [-0.3, -0.25) is 0 Å². The monoisotopic (exact) mass is 330 g/mol. The lowest BCUT2D eigenvalue weighted by molar-refractivity contribution is -0.00445. The topological polar surface area (TPSA) is 61.8 Å². The van der Waals surface area contributed by atoms with Crippen molar-refractivity contribution in [2.24, 2.45) is 5.92 Å². The number of urea groups is 1. The summed E-state index contributed by atoms with van der Waals surface area (Å²) in [6, 6.07) is 8.85. The van der Waals surface area contributed by atoms with Crippen molar-refractivity contribution in [3.63, 3.8) is 0 Å². The highest BCUT2D eigenvalue weighted by atomic mass is 16.5. The van der Waals surface area contributed by atoms with Crippen LogP contribution in [0.1, 0.15) is 36.8 Å². The van der Waals surface area contributed by atoms with Gasteiger partial charge in [0.25, 0.3) is 0 Å². The van der Waals surface area contributed by atoms with Gasteiger partial charge in [-0.25, -0.2) is 4.79 Å². The smallest absolute Gasteiger partial charge is 0.318 e. The molecule has 1 aromatic rings. The second kappa shape index (κ2) is 6.37. The van der Waals surface area contributed by atoms with E-state index in [0.717, 1.165) is 12.8 Å². The Bertz CT molecular complexity index is 618. The summed E-state index contributed by atoms with van der Waals surface area (Å²) in [5, 5.41) is 12.9. The number of amides is 2. The Balaban J connectivity index is 1.42. The van der Waals surface area contributed by atoms with Crippen molar-refractivity contribution in [2.45, 2.75) is 50.3 Å². The second-order valence-corrected chi connectivity index (χ2v) is 7.41. The van der Waals surface area contributed by atoms with Crippen LogP contribution in [0.5, 0.6) is 0 Å². The molecule has 0 radical (unpaired) electrons. The maximum atomic E-state index is 12.8. The molecule has 1 saturated heterocycles. The van der Waals surface area contributed by atoms with Crippen LogP contribution < -0.4 is 5.32 Å². The van der Waals surface area contributed by atoms with E-state index >= 15 is 0 Å². The Morgan fingerprint density at radius 2 is 2.29 bits per heavy atom. The third kappa shape index (κ3) is 2.91. The Morgan fingerprint density at radius 1 is 1.46 bits per heavy atom. The lowest BCUT2D eigenvalue weighted by atomic mass is 9.92. The van der Waals surface area contributed by atoms with E-state index < -0.39 is 6.10 Å². The van der Waals surface area contributed by atoms with Gasteiger partial charge in [-0.15, -0.1) is 0 Å². The first-order chi connectivity index (χ1) is 11.6. The van der Waals surface area contributed by atoms with E-state index in [4.69, 9.17) is 4.74 Å². The average Bonchev–Trinajstić information content (AvgIpc) is 3.28. The Hall–Kier alpha value is -1.59. The molecule has 4 rings (SSSR count). The zero-order chi connectivity index (χ0) is 16.7. The first kappa shape index (κ1) is 15.9. The maximum Gasteiger partial charge on any atom is 0.318 e. The number of hydrogen-bond acceptors (Lipinski definition) is 3. The lowest BCUT2D eigenvalue weighted by Crippen LogP contribution is -2.53. The first-order valence-corrected chi connectivity index (χ1v) is 9.06. The van der Waals surface area contributed by atoms with Crippen LogP contribution in [0.4, 0.5) is 4.79 Å². The molecule has 24 heavy (non-hydrogen) atoms. The largest absolute Gasteiger partial charge is 0.393 e. The Morgan fingerprint density at radius 3 is 3.12 bits per heavy atom. The molecule has 2 aliphatic carbocycles. The van der Waals surface area contributed by atoms with Crippen LogP contribution >= 0.6 is 0 Å². The van der Waals surface area contributed by atoms with Gasteiger partial charge in [0.15, 0.2) is 0 Å². The number of benzene rings is 1. The van der Waals surface area contributed by atoms with Crippen molar-refractivity contribution in [1.29, 1.82) is 0 Å². The van der Waals surface area contributed by atoms with Crippen molar-refractivity contribution in [3.05, 3.63) is 35.4 Å². The van der Waals surface area contributed by atoms with Gasteiger partial charge in [0.05, 0.1) is 25.4 Å². The predicted molar refractivity (Wildman–Crippen MR) is 90.9 cm³/mol. The number of morpholine rings is 1. The highest BCUT2D eigenvalue weighted by molar-refractivity contribution is 5.76. The minimum absolute atomic E-state index is 0.000770. The van der Waals surface area contributed by atoms with Crippen LogP contribution in [0, 0.1) is 5.92 Å². The molecule has 0 bridgehead atoms. The number of aliphatic hydroxyl groups excluding tert-OH is 1. The van der Waals surface area contributed by atoms with Gasteiger partial charge in [-0.2, -0.15) is 0 Å². The number of nitrogens with zero attached hydrogens (tertiary/aromatic N) is 1. The summed E-state index contributed by atoms with van der Waals surface area (Å²) in [4.78, 5) is 14.6. The summed E-state index contributed by atoms with van der Waals surface area (Å²) < 4.78 is 5.49. The number of aliphatic hydroxyl groups is 1. The van der Waals surface area contributed by atoms with Crippen LogP contribution in [-0.2, 0) is 11.2 Å². The van der Waals surface area contributed by atoms with E-state index in [1.807, 2.05) is 4.90 Å². The molecule has 2 N–H and O–H groups in total. The van der Waals surface area contributed by atoms with E-state index in [1.165, 1.54) is 11.1 Å². The predicted octanol–water partition coefficient (Wildman–Crippen LogP) is 1.90. The van der Waals surface area contributed by atoms with Gasteiger partial charge >= 0.3 is 6.03 Å². The van der Waals surface area contributed by atoms with Crippen LogP contribution in [0.2, 0.25) is 0 Å². The van der Waals surface area contributed by atoms with Crippen LogP contribution in [0.15, 0.2) is 24.3 Å². The Labute approximate surface area is 143 Å². The molecule has 1 aliphatic heterocycles. The number of hydrogen-bond donors (Lipinski definition) is 2. The average molecular weight is 330 g/mol. The minimum atomic E-state index is -0.428. The molecule has 0 spiro atoms. The highest BCUT2D eigenvalue weighted by Crippen LogP contribution is 2.54. The maximum absolute atomic E-state index is 12.8. The number of aryl methyl sites for hydroxylation is 1. The van der Waals surface area contributed by atoms with Crippen molar-refractivity contribution < 1.29 is 14.6 Å². The summed E-state index contributed by atoms with van der Waals surface area (Å²) in [6.45, 7) is 3.45. The molecule has 5 heteroatoms. The number of nitrogens with one attached hydrogen (secondary N) is 1. The van der Waals surface area contributed by atoms with Crippen LogP contribution in [-0.4, -0.2) is 54.0 Å². The summed E-state index contributed by atoms with van der Waals surface area (Å²) in [6.07, 6.45) is 2.41. The zero-order valence-electron chi connectivity index (χ0n) is 14.1. The van der Waals surface area contributed by atoms with Gasteiger partial charge in [0.2, 0.25) is 0 Å². The van der Waals surface area contributed by atoms with Gasteiger partial charge < -0.3 is 20.1 Å². The molecule has 1 saturated carbocycles. The molecule has 1 aromatic carbocycles. The number of ether oxygens (including phenoxy) is 1. The van der Waals surface area contributed by atoms with E-state index in [1.54, 1.807) is 6.92 Å². The quantitative estimate of drug-likeness (QED) is 0.890. The third-order valence-corrected chi connectivity index (χ3v) is 5.72. The van der Waals surface area contributed by atoms with Crippen molar-refractivity contribution in [1.82, 2.24) is 10.2 Å². The summed E-state index contributed by atoms with van der Waals surface area (Å²) in [5.74, 6) is 1.07. The van der Waals surface area contributed by atoms with E-state index in [-0.39, 0.29) is 18.1 Å². The number of carbonyl (C=O) groups is 1. The highest BCUT2D eigenvalue weighted by Gasteiger charge is 2.54. The fourth-order valence-electron chi connectivity index (χ4n) is 4.50. The van der Waals surface area contributed by atoms with Crippen LogP contribution in [0.25, 0.3) is 0 Å². The fourth-order valence-corrected chi connectivity index (χ4v) is 4.50. The molecule has 2 fully saturated rings. The second-order valence-electron chi connectivity index (χ2n) is 7.41. The molecule has 130 valence electrons. The van der Waals surface area contributed by atoms with Crippen molar-refractivity contribution >= 4 is 6.03 Å².